The van der Waals surface area contributed by atoms with Crippen molar-refractivity contribution in [3.8, 4) is 0 Å². The summed E-state index contributed by atoms with van der Waals surface area (Å²) in [6, 6.07) is 10.3. The van der Waals surface area contributed by atoms with E-state index in [4.69, 9.17) is 9.15 Å². The van der Waals surface area contributed by atoms with Gasteiger partial charge in [0.05, 0.1) is 26.5 Å². The lowest BCUT2D eigenvalue weighted by molar-refractivity contribution is -0.147. The third kappa shape index (κ3) is 5.17. The van der Waals surface area contributed by atoms with Crippen LogP contribution >= 0.6 is 15.9 Å². The van der Waals surface area contributed by atoms with Gasteiger partial charge in [-0.15, -0.1) is 0 Å². The highest BCUT2D eigenvalue weighted by Crippen LogP contribution is 2.24. The largest absolute Gasteiger partial charge is 0.468 e. The molecule has 0 saturated carbocycles. The van der Waals surface area contributed by atoms with E-state index in [1.54, 1.807) is 36.2 Å². The lowest BCUT2D eigenvalue weighted by atomic mass is 10.1. The molecular formula is C18H21BrN2O4. The zero-order chi connectivity index (χ0) is 18.4. The van der Waals surface area contributed by atoms with E-state index in [1.807, 2.05) is 30.3 Å². The number of amides is 1. The average molecular weight is 409 g/mol. The number of halogens is 1. The molecule has 0 saturated heterocycles. The van der Waals surface area contributed by atoms with Crippen LogP contribution < -0.4 is 0 Å². The van der Waals surface area contributed by atoms with Gasteiger partial charge in [-0.05, 0) is 36.9 Å². The molecule has 6 nitrogen and oxygen atoms in total. The Morgan fingerprint density at radius 3 is 2.60 bits per heavy atom. The molecule has 1 aromatic carbocycles. The van der Waals surface area contributed by atoms with Gasteiger partial charge in [-0.1, -0.05) is 28.1 Å². The Morgan fingerprint density at radius 1 is 1.24 bits per heavy atom. The molecule has 0 unspecified atom stereocenters. The zero-order valence-corrected chi connectivity index (χ0v) is 16.0. The minimum Gasteiger partial charge on any atom is -0.468 e. The quantitative estimate of drug-likeness (QED) is 0.659. The van der Waals surface area contributed by atoms with Crippen molar-refractivity contribution < 1.29 is 18.7 Å². The molecule has 0 N–H and O–H groups in total. The van der Waals surface area contributed by atoms with Crippen molar-refractivity contribution in [3.05, 3.63) is 58.5 Å². The summed E-state index contributed by atoms with van der Waals surface area (Å²) in [4.78, 5) is 28.0. The van der Waals surface area contributed by atoms with Crippen LogP contribution in [0, 0.1) is 0 Å². The standard InChI is InChI=1S/C18H21BrN2O4/c1-20(11-15-8-5-9-25-15)16(22)12-21(2)17(18(23)24-3)13-6-4-7-14(19)10-13/h4-10,17H,11-12H2,1-3H3/t17-/m0/s1. The topological polar surface area (TPSA) is 63.0 Å². The lowest BCUT2D eigenvalue weighted by Gasteiger charge is -2.27. The molecular weight excluding hydrogens is 388 g/mol. The van der Waals surface area contributed by atoms with Gasteiger partial charge in [0.15, 0.2) is 0 Å². The molecule has 2 rings (SSSR count). The van der Waals surface area contributed by atoms with Crippen LogP contribution in [-0.4, -0.2) is 49.4 Å². The molecule has 2 aromatic rings. The molecule has 1 amide bonds. The summed E-state index contributed by atoms with van der Waals surface area (Å²) >= 11 is 3.40. The van der Waals surface area contributed by atoms with Crippen molar-refractivity contribution in [1.82, 2.24) is 9.80 Å². The monoisotopic (exact) mass is 408 g/mol. The van der Waals surface area contributed by atoms with Crippen LogP contribution in [-0.2, 0) is 20.9 Å². The van der Waals surface area contributed by atoms with Gasteiger partial charge >= 0.3 is 5.97 Å². The highest BCUT2D eigenvalue weighted by Gasteiger charge is 2.28. The number of carbonyl (C=O) groups is 2. The number of furan rings is 1. The van der Waals surface area contributed by atoms with Crippen LogP contribution in [0.2, 0.25) is 0 Å². The average Bonchev–Trinajstić information content (AvgIpc) is 3.07. The van der Waals surface area contributed by atoms with Crippen LogP contribution in [0.25, 0.3) is 0 Å². The van der Waals surface area contributed by atoms with Gasteiger partial charge in [0, 0.05) is 11.5 Å². The number of ether oxygens (including phenoxy) is 1. The first-order valence-corrected chi connectivity index (χ1v) is 8.51. The first-order chi connectivity index (χ1) is 11.9. The molecule has 1 aromatic heterocycles. The van der Waals surface area contributed by atoms with Gasteiger partial charge in [-0.2, -0.15) is 0 Å². The summed E-state index contributed by atoms with van der Waals surface area (Å²) in [7, 11) is 4.76. The van der Waals surface area contributed by atoms with Gasteiger partial charge in [0.25, 0.3) is 0 Å². The summed E-state index contributed by atoms with van der Waals surface area (Å²) in [5, 5.41) is 0. The maximum atomic E-state index is 12.5. The molecule has 0 bridgehead atoms. The number of hydrogen-bond acceptors (Lipinski definition) is 5. The van der Waals surface area contributed by atoms with Crippen molar-refractivity contribution in [2.24, 2.45) is 0 Å². The van der Waals surface area contributed by atoms with Crippen LogP contribution in [0.3, 0.4) is 0 Å². The Balaban J connectivity index is 2.09. The fourth-order valence-corrected chi connectivity index (χ4v) is 2.93. The number of rotatable bonds is 7. The van der Waals surface area contributed by atoms with E-state index in [2.05, 4.69) is 15.9 Å². The van der Waals surface area contributed by atoms with E-state index < -0.39 is 12.0 Å². The Kier molecular flexibility index (Phi) is 6.78. The summed E-state index contributed by atoms with van der Waals surface area (Å²) in [6.45, 7) is 0.447. The number of benzene rings is 1. The summed E-state index contributed by atoms with van der Waals surface area (Å²) in [6.07, 6.45) is 1.57. The molecule has 25 heavy (non-hydrogen) atoms. The van der Waals surface area contributed by atoms with E-state index in [1.165, 1.54) is 7.11 Å². The fraction of sp³-hybridized carbons (Fsp3) is 0.333. The van der Waals surface area contributed by atoms with Crippen LogP contribution in [0.4, 0.5) is 0 Å². The second-order valence-electron chi connectivity index (χ2n) is 5.72. The van der Waals surface area contributed by atoms with E-state index in [0.717, 1.165) is 10.0 Å². The smallest absolute Gasteiger partial charge is 0.327 e. The third-order valence-corrected chi connectivity index (χ3v) is 4.31. The molecule has 0 fully saturated rings. The van der Waals surface area contributed by atoms with Gasteiger partial charge < -0.3 is 14.1 Å². The van der Waals surface area contributed by atoms with Crippen molar-refractivity contribution >= 4 is 27.8 Å². The predicted octanol–water partition coefficient (Wildman–Crippen LogP) is 2.85. The molecule has 0 aliphatic carbocycles. The molecule has 134 valence electrons. The SMILES string of the molecule is COC(=O)[C@H](c1cccc(Br)c1)N(C)CC(=O)N(C)Cc1ccco1. The Bertz CT molecular complexity index is 718. The Hall–Kier alpha value is -2.12. The summed E-state index contributed by atoms with van der Waals surface area (Å²) in [5.41, 5.74) is 0.755. The molecule has 1 heterocycles. The zero-order valence-electron chi connectivity index (χ0n) is 14.4. The minimum atomic E-state index is -0.663. The van der Waals surface area contributed by atoms with Gasteiger partial charge in [-0.3, -0.25) is 9.69 Å². The molecule has 0 aliphatic rings. The Morgan fingerprint density at radius 2 is 2.00 bits per heavy atom. The summed E-state index contributed by atoms with van der Waals surface area (Å²) in [5.74, 6) is 0.167. The number of likely N-dealkylation sites (N-methyl/N-ethyl adjacent to an activating group) is 2. The molecule has 0 spiro atoms. The minimum absolute atomic E-state index is 0.0729. The highest BCUT2D eigenvalue weighted by molar-refractivity contribution is 9.10. The van der Waals surface area contributed by atoms with E-state index in [9.17, 15) is 9.59 Å². The number of methoxy groups -OCH3 is 1. The second kappa shape index (κ2) is 8.82. The van der Waals surface area contributed by atoms with Gasteiger partial charge in [0.1, 0.15) is 11.8 Å². The predicted molar refractivity (Wildman–Crippen MR) is 96.7 cm³/mol. The third-order valence-electron chi connectivity index (χ3n) is 3.81. The second-order valence-corrected chi connectivity index (χ2v) is 6.64. The number of hydrogen-bond donors (Lipinski definition) is 0. The van der Waals surface area contributed by atoms with Crippen molar-refractivity contribution in [2.75, 3.05) is 27.7 Å². The number of nitrogens with zero attached hydrogens (tertiary/aromatic N) is 2. The molecule has 0 aliphatic heterocycles. The van der Waals surface area contributed by atoms with Crippen molar-refractivity contribution in [1.29, 1.82) is 0 Å². The van der Waals surface area contributed by atoms with E-state index in [0.29, 0.717) is 12.3 Å². The van der Waals surface area contributed by atoms with Crippen LogP contribution in [0.5, 0.6) is 0 Å². The van der Waals surface area contributed by atoms with Crippen molar-refractivity contribution in [3.63, 3.8) is 0 Å². The first kappa shape index (κ1) is 19.2. The number of esters is 1. The Labute approximate surface area is 155 Å². The van der Waals surface area contributed by atoms with Gasteiger partial charge in [-0.25, -0.2) is 4.79 Å². The molecule has 1 atom stereocenters. The number of carbonyl (C=O) groups excluding carboxylic acids is 2. The maximum Gasteiger partial charge on any atom is 0.327 e. The van der Waals surface area contributed by atoms with Crippen LogP contribution in [0.1, 0.15) is 17.4 Å². The van der Waals surface area contributed by atoms with E-state index in [-0.39, 0.29) is 12.5 Å². The van der Waals surface area contributed by atoms with Gasteiger partial charge in [0.2, 0.25) is 5.91 Å². The normalized spacial score (nSPS) is 12.0. The maximum absolute atomic E-state index is 12.5. The summed E-state index contributed by atoms with van der Waals surface area (Å²) < 4.78 is 11.0. The highest BCUT2D eigenvalue weighted by atomic mass is 79.9. The first-order valence-electron chi connectivity index (χ1n) is 7.72. The fourth-order valence-electron chi connectivity index (χ4n) is 2.51. The molecule has 0 radical (unpaired) electrons. The van der Waals surface area contributed by atoms with Crippen LogP contribution in [0.15, 0.2) is 51.6 Å². The van der Waals surface area contributed by atoms with E-state index >= 15 is 0 Å². The van der Waals surface area contributed by atoms with Crippen molar-refractivity contribution in [2.45, 2.75) is 12.6 Å². The molecule has 7 heteroatoms. The lowest BCUT2D eigenvalue weighted by Crippen LogP contribution is -2.40.